The minimum Gasteiger partial charge on any atom is -0.497 e. The average molecular weight is 549 g/mol. The van der Waals surface area contributed by atoms with E-state index in [9.17, 15) is 4.79 Å². The molecule has 1 aliphatic rings. The van der Waals surface area contributed by atoms with Crippen molar-refractivity contribution in [3.8, 4) is 11.5 Å². The molecule has 188 valence electrons. The molecule has 8 heteroatoms. The molecule has 0 N–H and O–H groups in total. The number of carbonyl (C=O) groups excluding carboxylic acids is 1. The molecular formula is C29H25ClN2O3S2. The summed E-state index contributed by atoms with van der Waals surface area (Å²) in [4.78, 5) is 15.5. The summed E-state index contributed by atoms with van der Waals surface area (Å²) in [5.74, 6) is 1.40. The Bertz CT molecular complexity index is 1480. The zero-order valence-corrected chi connectivity index (χ0v) is 22.6. The topological polar surface area (TPSA) is 43.7 Å². The van der Waals surface area contributed by atoms with Crippen molar-refractivity contribution in [1.29, 1.82) is 0 Å². The maximum Gasteiger partial charge on any atom is 0.266 e. The van der Waals surface area contributed by atoms with Gasteiger partial charge in [-0.2, -0.15) is 0 Å². The Labute approximate surface area is 230 Å². The minimum absolute atomic E-state index is 0.0733. The Hall–Kier alpha value is -3.26. The van der Waals surface area contributed by atoms with E-state index < -0.39 is 0 Å². The first-order chi connectivity index (χ1) is 18.0. The molecule has 3 aromatic carbocycles. The second-order valence-corrected chi connectivity index (χ2v) is 10.6. The number of hydrogen-bond donors (Lipinski definition) is 0. The number of para-hydroxylation sites is 2. The number of halogens is 1. The van der Waals surface area contributed by atoms with Crippen LogP contribution in [-0.2, 0) is 17.9 Å². The standard InChI is InChI=1S/C29H25ClN2O3S2/c1-34-22-13-11-20(12-14-22)18-32-28(33)27(37-29(32)36)17-21-19-31(25-9-4-2-7-23(21)25)15-6-16-35-26-10-5-3-8-24(26)30/h2-5,7-14,17,19H,6,15-16,18H2,1H3/b27-17-. The van der Waals surface area contributed by atoms with Gasteiger partial charge in [0.25, 0.3) is 5.91 Å². The largest absolute Gasteiger partial charge is 0.497 e. The summed E-state index contributed by atoms with van der Waals surface area (Å²) in [7, 11) is 1.63. The van der Waals surface area contributed by atoms with Crippen LogP contribution >= 0.6 is 35.6 Å². The number of amides is 1. The number of carbonyl (C=O) groups is 1. The van der Waals surface area contributed by atoms with Crippen molar-refractivity contribution in [2.75, 3.05) is 13.7 Å². The molecule has 0 spiro atoms. The molecule has 1 aromatic heterocycles. The lowest BCUT2D eigenvalue weighted by atomic mass is 10.1. The number of hydrogen-bond acceptors (Lipinski definition) is 5. The van der Waals surface area contributed by atoms with Gasteiger partial charge in [-0.25, -0.2) is 0 Å². The van der Waals surface area contributed by atoms with Gasteiger partial charge in [-0.1, -0.05) is 78.0 Å². The van der Waals surface area contributed by atoms with Crippen LogP contribution in [0.4, 0.5) is 0 Å². The maximum atomic E-state index is 13.3. The molecule has 1 amide bonds. The van der Waals surface area contributed by atoms with E-state index in [2.05, 4.69) is 22.9 Å². The highest BCUT2D eigenvalue weighted by Crippen LogP contribution is 2.35. The predicted octanol–water partition coefficient (Wildman–Crippen LogP) is 7.17. The highest BCUT2D eigenvalue weighted by molar-refractivity contribution is 8.26. The number of rotatable bonds is 9. The third kappa shape index (κ3) is 5.69. The number of ether oxygens (including phenoxy) is 2. The van der Waals surface area contributed by atoms with Crippen LogP contribution in [0.15, 0.2) is 83.9 Å². The predicted molar refractivity (Wildman–Crippen MR) is 155 cm³/mol. The SMILES string of the molecule is COc1ccc(CN2C(=O)/C(=C/c3cn(CCCOc4ccccc4Cl)c4ccccc34)SC2=S)cc1. The molecular weight excluding hydrogens is 524 g/mol. The number of methoxy groups -OCH3 is 1. The first kappa shape index (κ1) is 25.4. The highest BCUT2D eigenvalue weighted by Gasteiger charge is 2.32. The minimum atomic E-state index is -0.0733. The van der Waals surface area contributed by atoms with Gasteiger partial charge in [-0.05, 0) is 48.4 Å². The number of thioether (sulfide) groups is 1. The molecule has 4 aromatic rings. The third-order valence-corrected chi connectivity index (χ3v) is 7.81. The quantitative estimate of drug-likeness (QED) is 0.126. The van der Waals surface area contributed by atoms with Gasteiger partial charge < -0.3 is 14.0 Å². The summed E-state index contributed by atoms with van der Waals surface area (Å²) >= 11 is 13.1. The summed E-state index contributed by atoms with van der Waals surface area (Å²) in [5, 5.41) is 1.70. The zero-order chi connectivity index (χ0) is 25.8. The van der Waals surface area contributed by atoms with Crippen LogP contribution in [0.1, 0.15) is 17.5 Å². The maximum absolute atomic E-state index is 13.3. The fourth-order valence-corrected chi connectivity index (χ4v) is 5.68. The molecule has 0 saturated carbocycles. The van der Waals surface area contributed by atoms with E-state index >= 15 is 0 Å². The van der Waals surface area contributed by atoms with Crippen molar-refractivity contribution in [3.63, 3.8) is 0 Å². The van der Waals surface area contributed by atoms with E-state index in [1.807, 2.05) is 66.7 Å². The summed E-state index contributed by atoms with van der Waals surface area (Å²) in [6, 6.07) is 23.4. The monoisotopic (exact) mass is 548 g/mol. The number of thiocarbonyl (C=S) groups is 1. The van der Waals surface area contributed by atoms with Gasteiger partial charge in [0.2, 0.25) is 0 Å². The fraction of sp³-hybridized carbons (Fsp3) is 0.172. The van der Waals surface area contributed by atoms with Gasteiger partial charge in [0, 0.05) is 29.2 Å². The first-order valence-electron chi connectivity index (χ1n) is 11.9. The van der Waals surface area contributed by atoms with Gasteiger partial charge in [-0.15, -0.1) is 0 Å². The molecule has 0 radical (unpaired) electrons. The average Bonchev–Trinajstić information content (AvgIpc) is 3.40. The molecule has 0 bridgehead atoms. The second kappa shape index (κ2) is 11.4. The number of aromatic nitrogens is 1. The Balaban J connectivity index is 1.30. The smallest absolute Gasteiger partial charge is 0.266 e. The van der Waals surface area contributed by atoms with E-state index in [-0.39, 0.29) is 5.91 Å². The van der Waals surface area contributed by atoms with Crippen LogP contribution in [-0.4, -0.2) is 33.4 Å². The highest BCUT2D eigenvalue weighted by atomic mass is 35.5. The van der Waals surface area contributed by atoms with Crippen molar-refractivity contribution in [2.24, 2.45) is 0 Å². The normalized spacial score (nSPS) is 14.6. The van der Waals surface area contributed by atoms with Gasteiger partial charge in [0.1, 0.15) is 15.8 Å². The van der Waals surface area contributed by atoms with E-state index in [0.717, 1.165) is 40.7 Å². The van der Waals surface area contributed by atoms with E-state index in [1.54, 1.807) is 12.0 Å². The summed E-state index contributed by atoms with van der Waals surface area (Å²) in [6.07, 6.45) is 4.86. The van der Waals surface area contributed by atoms with Crippen molar-refractivity contribution in [1.82, 2.24) is 9.47 Å². The Kier molecular flexibility index (Phi) is 7.84. The molecule has 1 fully saturated rings. The van der Waals surface area contributed by atoms with Crippen LogP contribution in [0, 0.1) is 0 Å². The Morgan fingerprint density at radius 2 is 1.78 bits per heavy atom. The van der Waals surface area contributed by atoms with Crippen LogP contribution in [0.25, 0.3) is 17.0 Å². The number of fused-ring (bicyclic) bond motifs is 1. The molecule has 0 unspecified atom stereocenters. The summed E-state index contributed by atoms with van der Waals surface area (Å²) in [5.41, 5.74) is 3.10. The second-order valence-electron chi connectivity index (χ2n) is 8.54. The molecule has 2 heterocycles. The molecule has 1 aliphatic heterocycles. The van der Waals surface area contributed by atoms with E-state index in [0.29, 0.717) is 33.1 Å². The molecule has 1 saturated heterocycles. The molecule has 37 heavy (non-hydrogen) atoms. The first-order valence-corrected chi connectivity index (χ1v) is 13.5. The van der Waals surface area contributed by atoms with Gasteiger partial charge in [0.05, 0.1) is 30.2 Å². The molecule has 0 aliphatic carbocycles. The van der Waals surface area contributed by atoms with Crippen molar-refractivity contribution < 1.29 is 14.3 Å². The molecule has 5 nitrogen and oxygen atoms in total. The van der Waals surface area contributed by atoms with Crippen molar-refractivity contribution >= 4 is 62.8 Å². The lowest BCUT2D eigenvalue weighted by Gasteiger charge is -2.14. The number of aryl methyl sites for hydroxylation is 1. The van der Waals surface area contributed by atoms with Crippen molar-refractivity contribution in [2.45, 2.75) is 19.5 Å². The Morgan fingerprint density at radius 1 is 1.03 bits per heavy atom. The van der Waals surface area contributed by atoms with E-state index in [1.165, 1.54) is 11.8 Å². The van der Waals surface area contributed by atoms with Gasteiger partial charge in [-0.3, -0.25) is 9.69 Å². The van der Waals surface area contributed by atoms with Gasteiger partial charge in [0.15, 0.2) is 0 Å². The van der Waals surface area contributed by atoms with Crippen LogP contribution in [0.3, 0.4) is 0 Å². The number of nitrogens with zero attached hydrogens (tertiary/aromatic N) is 2. The summed E-state index contributed by atoms with van der Waals surface area (Å²) in [6.45, 7) is 1.76. The molecule has 5 rings (SSSR count). The van der Waals surface area contributed by atoms with Crippen molar-refractivity contribution in [3.05, 3.63) is 100 Å². The molecule has 0 atom stereocenters. The lowest BCUT2D eigenvalue weighted by Crippen LogP contribution is -2.27. The number of benzene rings is 3. The fourth-order valence-electron chi connectivity index (χ4n) is 4.25. The van der Waals surface area contributed by atoms with Crippen LogP contribution in [0.5, 0.6) is 11.5 Å². The van der Waals surface area contributed by atoms with Crippen LogP contribution < -0.4 is 9.47 Å². The van der Waals surface area contributed by atoms with E-state index in [4.69, 9.17) is 33.3 Å². The summed E-state index contributed by atoms with van der Waals surface area (Å²) < 4.78 is 13.8. The van der Waals surface area contributed by atoms with Crippen LogP contribution in [0.2, 0.25) is 5.02 Å². The zero-order valence-electron chi connectivity index (χ0n) is 20.2. The third-order valence-electron chi connectivity index (χ3n) is 6.12. The van der Waals surface area contributed by atoms with Gasteiger partial charge >= 0.3 is 0 Å². The lowest BCUT2D eigenvalue weighted by molar-refractivity contribution is -0.122. The Morgan fingerprint density at radius 3 is 2.57 bits per heavy atom.